The van der Waals surface area contributed by atoms with E-state index in [4.69, 9.17) is 9.47 Å². The first-order chi connectivity index (χ1) is 16.0. The van der Waals surface area contributed by atoms with Gasteiger partial charge in [0.2, 0.25) is 0 Å². The number of Topliss-reactive ketones (excluding diaryl/α,β-unsaturated/α-hetero) is 1. The van der Waals surface area contributed by atoms with Crippen LogP contribution >= 0.6 is 0 Å². The third-order valence-corrected chi connectivity index (χ3v) is 7.43. The second-order valence-electron chi connectivity index (χ2n) is 10.0. The van der Waals surface area contributed by atoms with Crippen molar-refractivity contribution in [3.05, 3.63) is 23.3 Å². The number of hydrogen-bond donors (Lipinski definition) is 0. The molecule has 0 radical (unpaired) electrons. The van der Waals surface area contributed by atoms with Gasteiger partial charge in [0.25, 0.3) is 0 Å². The molecule has 3 rings (SSSR count). The van der Waals surface area contributed by atoms with Crippen molar-refractivity contribution < 1.29 is 18.7 Å². The van der Waals surface area contributed by atoms with Crippen LogP contribution in [0.3, 0.4) is 0 Å². The fourth-order valence-electron chi connectivity index (χ4n) is 5.53. The summed E-state index contributed by atoms with van der Waals surface area (Å²) in [6, 6.07) is 3.46. The Kier molecular flexibility index (Phi) is 10.5. The lowest BCUT2D eigenvalue weighted by Gasteiger charge is -2.35. The van der Waals surface area contributed by atoms with Gasteiger partial charge in [-0.25, -0.2) is 4.39 Å². The Labute approximate surface area is 200 Å². The molecule has 1 saturated heterocycles. The Morgan fingerprint density at radius 1 is 0.939 bits per heavy atom. The van der Waals surface area contributed by atoms with Gasteiger partial charge in [0.15, 0.2) is 23.5 Å². The van der Waals surface area contributed by atoms with E-state index in [-0.39, 0.29) is 5.92 Å². The highest BCUT2D eigenvalue weighted by Crippen LogP contribution is 2.33. The number of benzene rings is 1. The molecule has 1 atom stereocenters. The van der Waals surface area contributed by atoms with Crippen molar-refractivity contribution in [3.63, 3.8) is 0 Å². The highest BCUT2D eigenvalue weighted by atomic mass is 19.1. The van der Waals surface area contributed by atoms with Crippen LogP contribution in [-0.2, 0) is 0 Å². The number of piperidine rings is 1. The number of carbonyl (C=O) groups excluding carboxylic acids is 1. The van der Waals surface area contributed by atoms with Crippen molar-refractivity contribution in [3.8, 4) is 11.5 Å². The molecular weight excluding hydrogens is 417 g/mol. The number of likely N-dealkylation sites (tertiary alicyclic amines) is 1. The minimum atomic E-state index is -1.46. The summed E-state index contributed by atoms with van der Waals surface area (Å²) in [5.41, 5.74) is 1.15. The van der Waals surface area contributed by atoms with E-state index in [1.165, 1.54) is 51.5 Å². The summed E-state index contributed by atoms with van der Waals surface area (Å²) >= 11 is 0. The molecule has 5 heteroatoms. The topological polar surface area (TPSA) is 38.8 Å². The van der Waals surface area contributed by atoms with E-state index < -0.39 is 12.0 Å². The molecule has 2 fully saturated rings. The molecule has 0 aromatic heterocycles. The molecule has 186 valence electrons. The number of carbonyl (C=O) groups is 1. The number of halogens is 1. The molecule has 0 amide bonds. The molecule has 1 aromatic rings. The van der Waals surface area contributed by atoms with Crippen molar-refractivity contribution in [2.45, 2.75) is 91.2 Å². The maximum absolute atomic E-state index is 15.1. The van der Waals surface area contributed by atoms with Crippen LogP contribution in [0.15, 0.2) is 12.1 Å². The summed E-state index contributed by atoms with van der Waals surface area (Å²) in [6.07, 6.45) is 10.5. The predicted octanol–water partition coefficient (Wildman–Crippen LogP) is 6.78. The molecule has 0 N–H and O–H groups in total. The lowest BCUT2D eigenvalue weighted by molar-refractivity contribution is 0.0810. The van der Waals surface area contributed by atoms with Crippen LogP contribution in [-0.4, -0.2) is 49.7 Å². The van der Waals surface area contributed by atoms with E-state index >= 15 is 4.39 Å². The number of rotatable bonds is 10. The van der Waals surface area contributed by atoms with Gasteiger partial charge in [-0.2, -0.15) is 0 Å². The normalized spacial score (nSPS) is 20.1. The van der Waals surface area contributed by atoms with Crippen LogP contribution in [0.5, 0.6) is 11.5 Å². The van der Waals surface area contributed by atoms with Crippen molar-refractivity contribution >= 4 is 5.78 Å². The fraction of sp³-hybridized carbons (Fsp3) is 0.750. The van der Waals surface area contributed by atoms with Crippen LogP contribution in [0.4, 0.5) is 4.39 Å². The maximum Gasteiger partial charge on any atom is 0.197 e. The van der Waals surface area contributed by atoms with Gasteiger partial charge >= 0.3 is 0 Å². The van der Waals surface area contributed by atoms with Crippen molar-refractivity contribution in [1.29, 1.82) is 0 Å². The van der Waals surface area contributed by atoms with E-state index in [1.807, 2.05) is 20.8 Å². The number of nitrogens with zero attached hydrogens (tertiary/aromatic N) is 1. The first-order valence-corrected chi connectivity index (χ1v) is 13.3. The zero-order chi connectivity index (χ0) is 23.6. The largest absolute Gasteiger partial charge is 0.490 e. The molecule has 2 aliphatic rings. The average Bonchev–Trinajstić information content (AvgIpc) is 2.78. The number of hydrogen-bond acceptors (Lipinski definition) is 4. The molecule has 0 bridgehead atoms. The van der Waals surface area contributed by atoms with Crippen LogP contribution in [0, 0.1) is 18.8 Å². The number of ketones is 1. The van der Waals surface area contributed by atoms with Gasteiger partial charge in [-0.05, 0) is 95.5 Å². The summed E-state index contributed by atoms with van der Waals surface area (Å²) < 4.78 is 26.4. The SMILES string of the molecule is CCOc1cc(C)c(C(=O)C(F)CC2CCN(CC3CCCCCCC3)CC2)cc1OCC. The zero-order valence-corrected chi connectivity index (χ0v) is 21.0. The standard InChI is InChI=1S/C28H44FNO3/c1-4-32-26-17-21(3)24(19-27(26)33-5-2)28(31)25(29)18-22-13-15-30(16-14-22)20-23-11-9-7-6-8-10-12-23/h17,19,22-23,25H,4-16,18,20H2,1-3H3. The summed E-state index contributed by atoms with van der Waals surface area (Å²) in [5.74, 6) is 1.82. The molecule has 4 nitrogen and oxygen atoms in total. The molecule has 1 unspecified atom stereocenters. The third-order valence-electron chi connectivity index (χ3n) is 7.43. The minimum absolute atomic E-state index is 0.284. The molecule has 1 aliphatic carbocycles. The van der Waals surface area contributed by atoms with E-state index in [2.05, 4.69) is 4.90 Å². The van der Waals surface area contributed by atoms with Crippen LogP contribution < -0.4 is 9.47 Å². The third kappa shape index (κ3) is 7.70. The second kappa shape index (κ2) is 13.3. The van der Waals surface area contributed by atoms with Gasteiger partial charge in [-0.15, -0.1) is 0 Å². The fourth-order valence-corrected chi connectivity index (χ4v) is 5.53. The lowest BCUT2D eigenvalue weighted by atomic mass is 9.87. The zero-order valence-electron chi connectivity index (χ0n) is 21.0. The minimum Gasteiger partial charge on any atom is -0.490 e. The molecule has 1 heterocycles. The van der Waals surface area contributed by atoms with E-state index in [1.54, 1.807) is 12.1 Å². The summed E-state index contributed by atoms with van der Waals surface area (Å²) in [5, 5.41) is 0. The molecule has 33 heavy (non-hydrogen) atoms. The monoisotopic (exact) mass is 461 g/mol. The van der Waals surface area contributed by atoms with Gasteiger partial charge in [0, 0.05) is 12.1 Å². The van der Waals surface area contributed by atoms with E-state index in [0.717, 1.165) is 37.4 Å². The molecule has 1 aromatic carbocycles. The van der Waals surface area contributed by atoms with Crippen molar-refractivity contribution in [2.24, 2.45) is 11.8 Å². The van der Waals surface area contributed by atoms with Crippen LogP contribution in [0.1, 0.15) is 94.0 Å². The maximum atomic E-state index is 15.1. The number of ether oxygens (including phenoxy) is 2. The predicted molar refractivity (Wildman–Crippen MR) is 132 cm³/mol. The highest BCUT2D eigenvalue weighted by Gasteiger charge is 2.29. The summed E-state index contributed by atoms with van der Waals surface area (Å²) in [6.45, 7) is 9.90. The number of alkyl halides is 1. The van der Waals surface area contributed by atoms with Gasteiger partial charge in [-0.3, -0.25) is 4.79 Å². The van der Waals surface area contributed by atoms with Gasteiger partial charge < -0.3 is 14.4 Å². The van der Waals surface area contributed by atoms with Crippen molar-refractivity contribution in [2.75, 3.05) is 32.8 Å². The smallest absolute Gasteiger partial charge is 0.197 e. The molecule has 0 spiro atoms. The Bertz CT molecular complexity index is 737. The first-order valence-electron chi connectivity index (χ1n) is 13.3. The van der Waals surface area contributed by atoms with Gasteiger partial charge in [-0.1, -0.05) is 32.1 Å². The summed E-state index contributed by atoms with van der Waals surface area (Å²) in [7, 11) is 0. The Morgan fingerprint density at radius 2 is 1.52 bits per heavy atom. The van der Waals surface area contributed by atoms with Gasteiger partial charge in [0.05, 0.1) is 13.2 Å². The number of aryl methyl sites for hydroxylation is 1. The Hall–Kier alpha value is -1.62. The first kappa shape index (κ1) is 26.0. The molecule has 1 aliphatic heterocycles. The van der Waals surface area contributed by atoms with Crippen LogP contribution in [0.25, 0.3) is 0 Å². The highest BCUT2D eigenvalue weighted by molar-refractivity contribution is 6.01. The Balaban J connectivity index is 1.51. The molecule has 1 saturated carbocycles. The lowest BCUT2D eigenvalue weighted by Crippen LogP contribution is -2.38. The van der Waals surface area contributed by atoms with E-state index in [9.17, 15) is 4.79 Å². The van der Waals surface area contributed by atoms with Gasteiger partial charge in [0.1, 0.15) is 0 Å². The average molecular weight is 462 g/mol. The van der Waals surface area contributed by atoms with Crippen LogP contribution in [0.2, 0.25) is 0 Å². The van der Waals surface area contributed by atoms with Crippen molar-refractivity contribution in [1.82, 2.24) is 4.90 Å². The molecular formula is C28H44FNO3. The quantitative estimate of drug-likeness (QED) is 0.360. The van der Waals surface area contributed by atoms with E-state index in [0.29, 0.717) is 36.7 Å². The second-order valence-corrected chi connectivity index (χ2v) is 10.0. The summed E-state index contributed by atoms with van der Waals surface area (Å²) in [4.78, 5) is 15.6. The Morgan fingerprint density at radius 3 is 2.12 bits per heavy atom.